The van der Waals surface area contributed by atoms with Crippen molar-refractivity contribution < 1.29 is 0 Å². The summed E-state index contributed by atoms with van der Waals surface area (Å²) >= 11 is 0. The Morgan fingerprint density at radius 2 is 1.83 bits per heavy atom. The van der Waals surface area contributed by atoms with Gasteiger partial charge >= 0.3 is 0 Å². The van der Waals surface area contributed by atoms with E-state index in [4.69, 9.17) is 11.5 Å². The van der Waals surface area contributed by atoms with E-state index in [2.05, 4.69) is 23.7 Å². The van der Waals surface area contributed by atoms with Gasteiger partial charge in [0, 0.05) is 19.2 Å². The van der Waals surface area contributed by atoms with Gasteiger partial charge in [0.15, 0.2) is 5.79 Å². The molecule has 0 saturated heterocycles. The van der Waals surface area contributed by atoms with Crippen LogP contribution < -0.4 is 11.5 Å². The summed E-state index contributed by atoms with van der Waals surface area (Å²) < 4.78 is 0. The predicted octanol–water partition coefficient (Wildman–Crippen LogP) is 2.56. The standard InChI is InChI=1S/C14H28N4/c1-3-5-7-10-14(16)17-13(15)9-12-18(14)11-8-6-4-2/h9,12H,3-8,10-11,16H2,1-2H3,(H2,15,17). The Labute approximate surface area is 111 Å². The molecule has 18 heavy (non-hydrogen) atoms. The van der Waals surface area contributed by atoms with Crippen LogP contribution in [0.25, 0.3) is 0 Å². The van der Waals surface area contributed by atoms with Gasteiger partial charge in [-0.3, -0.25) is 5.73 Å². The fourth-order valence-corrected chi connectivity index (χ4v) is 2.26. The lowest BCUT2D eigenvalue weighted by atomic mass is 10.1. The van der Waals surface area contributed by atoms with E-state index in [-0.39, 0.29) is 0 Å². The monoisotopic (exact) mass is 252 g/mol. The van der Waals surface area contributed by atoms with E-state index in [9.17, 15) is 0 Å². The van der Waals surface area contributed by atoms with Crippen LogP contribution in [0.2, 0.25) is 0 Å². The molecule has 0 radical (unpaired) electrons. The SMILES string of the molecule is CCCCCN1C=CC(N)=NC1(N)CCCCC. The Kier molecular flexibility index (Phi) is 6.19. The molecule has 1 atom stereocenters. The maximum absolute atomic E-state index is 6.42. The highest BCUT2D eigenvalue weighted by Crippen LogP contribution is 2.23. The maximum atomic E-state index is 6.42. The van der Waals surface area contributed by atoms with Crippen molar-refractivity contribution in [2.75, 3.05) is 6.54 Å². The fourth-order valence-electron chi connectivity index (χ4n) is 2.26. The highest BCUT2D eigenvalue weighted by molar-refractivity contribution is 5.92. The van der Waals surface area contributed by atoms with Crippen molar-refractivity contribution in [1.29, 1.82) is 0 Å². The molecule has 104 valence electrons. The molecule has 4 N–H and O–H groups in total. The van der Waals surface area contributed by atoms with Crippen LogP contribution in [-0.2, 0) is 0 Å². The predicted molar refractivity (Wildman–Crippen MR) is 78.1 cm³/mol. The number of unbranched alkanes of at least 4 members (excludes halogenated alkanes) is 4. The van der Waals surface area contributed by atoms with Crippen molar-refractivity contribution in [3.63, 3.8) is 0 Å². The minimum atomic E-state index is -0.623. The van der Waals surface area contributed by atoms with Crippen molar-refractivity contribution in [3.05, 3.63) is 12.3 Å². The lowest BCUT2D eigenvalue weighted by Crippen LogP contribution is -2.55. The first-order chi connectivity index (χ1) is 8.62. The molecule has 4 heteroatoms. The molecule has 0 bridgehead atoms. The molecule has 0 saturated carbocycles. The minimum absolute atomic E-state index is 0.542. The van der Waals surface area contributed by atoms with Crippen LogP contribution in [0, 0.1) is 0 Å². The molecule has 0 spiro atoms. The summed E-state index contributed by atoms with van der Waals surface area (Å²) in [4.78, 5) is 6.60. The van der Waals surface area contributed by atoms with E-state index in [0.29, 0.717) is 5.84 Å². The van der Waals surface area contributed by atoms with Crippen molar-refractivity contribution in [1.82, 2.24) is 4.90 Å². The third kappa shape index (κ3) is 4.33. The van der Waals surface area contributed by atoms with Gasteiger partial charge in [0.2, 0.25) is 0 Å². The molecule has 1 aliphatic heterocycles. The number of aliphatic imine (C=N–C) groups is 1. The quantitative estimate of drug-likeness (QED) is 0.652. The van der Waals surface area contributed by atoms with E-state index < -0.39 is 5.79 Å². The van der Waals surface area contributed by atoms with Gasteiger partial charge in [-0.1, -0.05) is 39.5 Å². The number of rotatable bonds is 8. The summed E-state index contributed by atoms with van der Waals surface area (Å²) in [6.07, 6.45) is 11.8. The smallest absolute Gasteiger partial charge is 0.186 e. The van der Waals surface area contributed by atoms with Gasteiger partial charge in [-0.15, -0.1) is 0 Å². The van der Waals surface area contributed by atoms with E-state index in [1.165, 1.54) is 25.7 Å². The lowest BCUT2D eigenvalue weighted by Gasteiger charge is -2.39. The highest BCUT2D eigenvalue weighted by atomic mass is 15.4. The molecular formula is C14H28N4. The number of nitrogens with zero attached hydrogens (tertiary/aromatic N) is 2. The Balaban J connectivity index is 2.59. The van der Waals surface area contributed by atoms with Gasteiger partial charge in [0.05, 0.1) is 0 Å². The summed E-state index contributed by atoms with van der Waals surface area (Å²) in [5.74, 6) is -0.0809. The largest absolute Gasteiger partial charge is 0.384 e. The highest BCUT2D eigenvalue weighted by Gasteiger charge is 2.31. The first-order valence-corrected chi connectivity index (χ1v) is 7.21. The average molecular weight is 252 g/mol. The van der Waals surface area contributed by atoms with Crippen LogP contribution in [0.5, 0.6) is 0 Å². The molecule has 1 heterocycles. The van der Waals surface area contributed by atoms with Crippen LogP contribution in [0.15, 0.2) is 17.3 Å². The average Bonchev–Trinajstić information content (AvgIpc) is 2.32. The van der Waals surface area contributed by atoms with Gasteiger partial charge in [-0.25, -0.2) is 4.99 Å². The molecule has 0 aromatic heterocycles. The van der Waals surface area contributed by atoms with E-state index >= 15 is 0 Å². The van der Waals surface area contributed by atoms with Crippen molar-refractivity contribution in [2.24, 2.45) is 16.5 Å². The summed E-state index contributed by atoms with van der Waals surface area (Å²) in [5, 5.41) is 0. The molecule has 1 aliphatic rings. The molecule has 1 unspecified atom stereocenters. The van der Waals surface area contributed by atoms with E-state index in [0.717, 1.165) is 25.8 Å². The first kappa shape index (κ1) is 15.0. The van der Waals surface area contributed by atoms with E-state index in [1.54, 1.807) is 0 Å². The Bertz CT molecular complexity index is 298. The van der Waals surface area contributed by atoms with Crippen LogP contribution in [0.3, 0.4) is 0 Å². The number of nitrogens with two attached hydrogens (primary N) is 2. The van der Waals surface area contributed by atoms with Crippen molar-refractivity contribution in [2.45, 2.75) is 64.6 Å². The summed E-state index contributed by atoms with van der Waals surface area (Å²) in [6.45, 7) is 5.36. The van der Waals surface area contributed by atoms with Gasteiger partial charge in [0.25, 0.3) is 0 Å². The third-order valence-electron chi connectivity index (χ3n) is 3.40. The second-order valence-electron chi connectivity index (χ2n) is 5.09. The van der Waals surface area contributed by atoms with Gasteiger partial charge in [-0.05, 0) is 18.9 Å². The first-order valence-electron chi connectivity index (χ1n) is 7.21. The summed E-state index contributed by atoms with van der Waals surface area (Å²) in [5.41, 5.74) is 12.2. The third-order valence-corrected chi connectivity index (χ3v) is 3.40. The number of hydrogen-bond donors (Lipinski definition) is 2. The molecule has 0 aromatic rings. The zero-order valence-electron chi connectivity index (χ0n) is 11.9. The summed E-state index contributed by atoms with van der Waals surface area (Å²) in [7, 11) is 0. The Morgan fingerprint density at radius 1 is 1.17 bits per heavy atom. The number of amidine groups is 1. The fraction of sp³-hybridized carbons (Fsp3) is 0.786. The molecule has 1 rings (SSSR count). The normalized spacial score (nSPS) is 23.3. The van der Waals surface area contributed by atoms with Crippen LogP contribution >= 0.6 is 0 Å². The molecule has 4 nitrogen and oxygen atoms in total. The second kappa shape index (κ2) is 7.41. The molecule has 0 amide bonds. The zero-order chi connectivity index (χ0) is 13.4. The van der Waals surface area contributed by atoms with Gasteiger partial charge in [0.1, 0.15) is 5.84 Å². The molecule has 0 aliphatic carbocycles. The van der Waals surface area contributed by atoms with Gasteiger partial charge in [-0.2, -0.15) is 0 Å². The van der Waals surface area contributed by atoms with Crippen LogP contribution in [-0.4, -0.2) is 23.1 Å². The van der Waals surface area contributed by atoms with E-state index in [1.807, 2.05) is 12.3 Å². The van der Waals surface area contributed by atoms with Crippen molar-refractivity contribution >= 4 is 5.84 Å². The number of hydrogen-bond acceptors (Lipinski definition) is 4. The molecular weight excluding hydrogens is 224 g/mol. The van der Waals surface area contributed by atoms with Crippen LogP contribution in [0.1, 0.15) is 58.8 Å². The van der Waals surface area contributed by atoms with Gasteiger partial charge < -0.3 is 10.6 Å². The lowest BCUT2D eigenvalue weighted by molar-refractivity contribution is 0.138. The Hall–Kier alpha value is -1.03. The topological polar surface area (TPSA) is 67.6 Å². The van der Waals surface area contributed by atoms with Crippen LogP contribution in [0.4, 0.5) is 0 Å². The van der Waals surface area contributed by atoms with Crippen molar-refractivity contribution in [3.8, 4) is 0 Å². The molecule has 0 aromatic carbocycles. The molecule has 0 fully saturated rings. The summed E-state index contributed by atoms with van der Waals surface area (Å²) in [6, 6.07) is 0. The maximum Gasteiger partial charge on any atom is 0.186 e. The second-order valence-corrected chi connectivity index (χ2v) is 5.09. The minimum Gasteiger partial charge on any atom is -0.384 e. The Morgan fingerprint density at radius 3 is 2.50 bits per heavy atom. The zero-order valence-corrected chi connectivity index (χ0v) is 11.9.